The fourth-order valence-corrected chi connectivity index (χ4v) is 2.67. The summed E-state index contributed by atoms with van der Waals surface area (Å²) in [5, 5.41) is 8.17. The largest absolute Gasteiger partial charge is 0.355 e. The standard InChI is InChI=1S/C21H26N4O3/c1-14-6-5-7-18(15(14)2)24-20(27)13-25(4)12-19(26)23-17-10-8-16(9-11-17)21(28)22-3/h5-11H,12-13H2,1-4H3,(H,22,28)(H,23,26)(H,24,27). The van der Waals surface area contributed by atoms with Crippen LogP contribution in [0.25, 0.3) is 0 Å². The summed E-state index contributed by atoms with van der Waals surface area (Å²) in [4.78, 5) is 37.6. The highest BCUT2D eigenvalue weighted by atomic mass is 16.2. The lowest BCUT2D eigenvalue weighted by Crippen LogP contribution is -2.36. The molecule has 0 aliphatic carbocycles. The summed E-state index contributed by atoms with van der Waals surface area (Å²) in [6.45, 7) is 4.11. The van der Waals surface area contributed by atoms with Crippen molar-refractivity contribution in [2.24, 2.45) is 0 Å². The Morgan fingerprint density at radius 1 is 0.893 bits per heavy atom. The SMILES string of the molecule is CNC(=O)c1ccc(NC(=O)CN(C)CC(=O)Nc2cccc(C)c2C)cc1. The molecule has 0 heterocycles. The second kappa shape index (κ2) is 9.66. The van der Waals surface area contributed by atoms with E-state index < -0.39 is 0 Å². The Hall–Kier alpha value is -3.19. The fourth-order valence-electron chi connectivity index (χ4n) is 2.67. The number of rotatable bonds is 7. The Kier molecular flexibility index (Phi) is 7.28. The van der Waals surface area contributed by atoms with Crippen LogP contribution in [0.1, 0.15) is 21.5 Å². The molecule has 28 heavy (non-hydrogen) atoms. The highest BCUT2D eigenvalue weighted by Crippen LogP contribution is 2.17. The number of amides is 3. The van der Waals surface area contributed by atoms with Crippen LogP contribution in [0.4, 0.5) is 11.4 Å². The fraction of sp³-hybridized carbons (Fsp3) is 0.286. The number of nitrogens with zero attached hydrogens (tertiary/aromatic N) is 1. The van der Waals surface area contributed by atoms with Crippen LogP contribution in [0, 0.1) is 13.8 Å². The van der Waals surface area contributed by atoms with E-state index in [1.807, 2.05) is 32.0 Å². The van der Waals surface area contributed by atoms with Crippen LogP contribution in [-0.2, 0) is 9.59 Å². The summed E-state index contributed by atoms with van der Waals surface area (Å²) in [7, 11) is 3.27. The molecule has 0 aliphatic heterocycles. The van der Waals surface area contributed by atoms with Crippen molar-refractivity contribution < 1.29 is 14.4 Å². The Bertz CT molecular complexity index is 862. The van der Waals surface area contributed by atoms with Gasteiger partial charge >= 0.3 is 0 Å². The summed E-state index contributed by atoms with van der Waals surface area (Å²) in [6, 6.07) is 12.3. The third-order valence-electron chi connectivity index (χ3n) is 4.36. The minimum atomic E-state index is -0.241. The smallest absolute Gasteiger partial charge is 0.251 e. The van der Waals surface area contributed by atoms with E-state index in [1.165, 1.54) is 0 Å². The quantitative estimate of drug-likeness (QED) is 0.685. The maximum absolute atomic E-state index is 12.2. The highest BCUT2D eigenvalue weighted by molar-refractivity contribution is 5.96. The van der Waals surface area contributed by atoms with Gasteiger partial charge in [0.05, 0.1) is 13.1 Å². The average molecular weight is 382 g/mol. The minimum absolute atomic E-state index is 0.0669. The highest BCUT2D eigenvalue weighted by Gasteiger charge is 2.12. The number of hydrogen-bond acceptors (Lipinski definition) is 4. The van der Waals surface area contributed by atoms with Crippen molar-refractivity contribution in [1.82, 2.24) is 10.2 Å². The predicted octanol–water partition coefficient (Wildman–Crippen LogP) is 2.17. The van der Waals surface area contributed by atoms with Crippen LogP contribution in [0.5, 0.6) is 0 Å². The Labute approximate surface area is 165 Å². The van der Waals surface area contributed by atoms with Gasteiger partial charge in [-0.05, 0) is 62.4 Å². The minimum Gasteiger partial charge on any atom is -0.355 e. The van der Waals surface area contributed by atoms with E-state index in [1.54, 1.807) is 43.3 Å². The molecule has 0 unspecified atom stereocenters. The molecule has 2 rings (SSSR count). The van der Waals surface area contributed by atoms with Gasteiger partial charge in [0.25, 0.3) is 5.91 Å². The van der Waals surface area contributed by atoms with Gasteiger partial charge in [0.15, 0.2) is 0 Å². The maximum Gasteiger partial charge on any atom is 0.251 e. The molecule has 0 saturated heterocycles. The lowest BCUT2D eigenvalue weighted by atomic mass is 10.1. The van der Waals surface area contributed by atoms with E-state index in [0.717, 1.165) is 16.8 Å². The normalized spacial score (nSPS) is 10.5. The lowest BCUT2D eigenvalue weighted by molar-refractivity contribution is -0.119. The molecule has 0 atom stereocenters. The zero-order valence-corrected chi connectivity index (χ0v) is 16.6. The molecule has 3 amide bonds. The van der Waals surface area contributed by atoms with Crippen LogP contribution in [0.3, 0.4) is 0 Å². The zero-order chi connectivity index (χ0) is 20.7. The second-order valence-electron chi connectivity index (χ2n) is 6.67. The third-order valence-corrected chi connectivity index (χ3v) is 4.36. The molecule has 2 aromatic rings. The first-order chi connectivity index (χ1) is 13.3. The maximum atomic E-state index is 12.2. The van der Waals surface area contributed by atoms with E-state index in [2.05, 4.69) is 16.0 Å². The molecule has 2 aromatic carbocycles. The Morgan fingerprint density at radius 3 is 2.11 bits per heavy atom. The van der Waals surface area contributed by atoms with E-state index >= 15 is 0 Å². The number of carbonyl (C=O) groups excluding carboxylic acids is 3. The van der Waals surface area contributed by atoms with Crippen LogP contribution < -0.4 is 16.0 Å². The van der Waals surface area contributed by atoms with E-state index in [0.29, 0.717) is 11.3 Å². The molecule has 0 radical (unpaired) electrons. The zero-order valence-electron chi connectivity index (χ0n) is 16.6. The number of likely N-dealkylation sites (N-methyl/N-ethyl adjacent to an activating group) is 1. The van der Waals surface area contributed by atoms with Crippen LogP contribution in [-0.4, -0.2) is 49.8 Å². The predicted molar refractivity (Wildman–Crippen MR) is 111 cm³/mol. The topological polar surface area (TPSA) is 90.5 Å². The molecule has 7 nitrogen and oxygen atoms in total. The number of carbonyl (C=O) groups is 3. The van der Waals surface area contributed by atoms with Crippen LogP contribution in [0.15, 0.2) is 42.5 Å². The summed E-state index contributed by atoms with van der Waals surface area (Å²) >= 11 is 0. The first kappa shape index (κ1) is 21.1. The lowest BCUT2D eigenvalue weighted by Gasteiger charge is -2.17. The van der Waals surface area contributed by atoms with Gasteiger partial charge in [0.1, 0.15) is 0 Å². The molecular weight excluding hydrogens is 356 g/mol. The molecule has 0 aromatic heterocycles. The number of hydrogen-bond donors (Lipinski definition) is 3. The molecular formula is C21H26N4O3. The molecule has 0 spiro atoms. The van der Waals surface area contributed by atoms with Crippen LogP contribution >= 0.6 is 0 Å². The summed E-state index contributed by atoms with van der Waals surface area (Å²) in [5.74, 6) is -0.610. The summed E-state index contributed by atoms with van der Waals surface area (Å²) in [5.41, 5.74) is 4.01. The van der Waals surface area contributed by atoms with Gasteiger partial charge in [0, 0.05) is 24.0 Å². The van der Waals surface area contributed by atoms with Crippen molar-refractivity contribution >= 4 is 29.1 Å². The van der Waals surface area contributed by atoms with Gasteiger partial charge in [-0.2, -0.15) is 0 Å². The third kappa shape index (κ3) is 5.92. The van der Waals surface area contributed by atoms with Gasteiger partial charge in [-0.3, -0.25) is 19.3 Å². The van der Waals surface area contributed by atoms with Crippen molar-refractivity contribution in [2.75, 3.05) is 37.8 Å². The average Bonchev–Trinajstić information content (AvgIpc) is 2.65. The van der Waals surface area contributed by atoms with E-state index in [9.17, 15) is 14.4 Å². The van der Waals surface area contributed by atoms with Gasteiger partial charge in [-0.15, -0.1) is 0 Å². The molecule has 0 bridgehead atoms. The Balaban J connectivity index is 1.84. The van der Waals surface area contributed by atoms with Gasteiger partial charge in [0.2, 0.25) is 11.8 Å². The first-order valence-electron chi connectivity index (χ1n) is 8.96. The number of aryl methyl sites for hydroxylation is 1. The first-order valence-corrected chi connectivity index (χ1v) is 8.96. The van der Waals surface area contributed by atoms with Crippen molar-refractivity contribution in [2.45, 2.75) is 13.8 Å². The summed E-state index contributed by atoms with van der Waals surface area (Å²) < 4.78 is 0. The second-order valence-corrected chi connectivity index (χ2v) is 6.67. The van der Waals surface area contributed by atoms with Gasteiger partial charge in [-0.1, -0.05) is 12.1 Å². The summed E-state index contributed by atoms with van der Waals surface area (Å²) in [6.07, 6.45) is 0. The monoisotopic (exact) mass is 382 g/mol. The molecule has 148 valence electrons. The molecule has 7 heteroatoms. The number of benzene rings is 2. The number of nitrogens with one attached hydrogen (secondary N) is 3. The van der Waals surface area contributed by atoms with Crippen molar-refractivity contribution in [3.8, 4) is 0 Å². The van der Waals surface area contributed by atoms with Gasteiger partial charge < -0.3 is 16.0 Å². The Morgan fingerprint density at radius 2 is 1.50 bits per heavy atom. The van der Waals surface area contributed by atoms with Gasteiger partial charge in [-0.25, -0.2) is 0 Å². The molecule has 0 saturated carbocycles. The molecule has 0 fully saturated rings. The molecule has 3 N–H and O–H groups in total. The van der Waals surface area contributed by atoms with Crippen molar-refractivity contribution in [3.05, 3.63) is 59.2 Å². The van der Waals surface area contributed by atoms with Crippen molar-refractivity contribution in [3.63, 3.8) is 0 Å². The van der Waals surface area contributed by atoms with E-state index in [4.69, 9.17) is 0 Å². The van der Waals surface area contributed by atoms with Crippen molar-refractivity contribution in [1.29, 1.82) is 0 Å². The molecule has 0 aliphatic rings. The van der Waals surface area contributed by atoms with Crippen LogP contribution in [0.2, 0.25) is 0 Å². The number of anilines is 2. The van der Waals surface area contributed by atoms with E-state index in [-0.39, 0.29) is 30.8 Å².